The van der Waals surface area contributed by atoms with Crippen LogP contribution in [0.15, 0.2) is 54.6 Å². The minimum Gasteiger partial charge on any atom is -0.458 e. The van der Waals surface area contributed by atoms with Crippen LogP contribution in [0, 0.1) is 0 Å². The first-order valence-electron chi connectivity index (χ1n) is 11.2. The van der Waals surface area contributed by atoms with Gasteiger partial charge in [0.2, 0.25) is 0 Å². The number of H-pyrrole nitrogens is 1. The first-order valence-corrected chi connectivity index (χ1v) is 11.2. The van der Waals surface area contributed by atoms with Crippen LogP contribution in [-0.2, 0) is 37.8 Å². The zero-order valence-electron chi connectivity index (χ0n) is 19.6. The van der Waals surface area contributed by atoms with Gasteiger partial charge in [-0.3, -0.25) is 14.6 Å². The first-order chi connectivity index (χ1) is 16.2. The predicted octanol–water partition coefficient (Wildman–Crippen LogP) is 3.70. The zero-order chi connectivity index (χ0) is 24.3. The van der Waals surface area contributed by atoms with Gasteiger partial charge in [-0.1, -0.05) is 48.5 Å². The van der Waals surface area contributed by atoms with E-state index in [1.807, 2.05) is 54.6 Å². The number of esters is 1. The number of fused-ring (bicyclic) bond motifs is 5. The van der Waals surface area contributed by atoms with Gasteiger partial charge in [0.25, 0.3) is 11.6 Å². The van der Waals surface area contributed by atoms with Crippen molar-refractivity contribution in [2.45, 2.75) is 51.1 Å². The molecule has 0 saturated carbocycles. The molecule has 34 heavy (non-hydrogen) atoms. The molecule has 8 heteroatoms. The summed E-state index contributed by atoms with van der Waals surface area (Å²) in [5, 5.41) is 0.879. The van der Waals surface area contributed by atoms with Crippen molar-refractivity contribution in [2.24, 2.45) is 0 Å². The van der Waals surface area contributed by atoms with Crippen LogP contribution in [0.3, 0.4) is 0 Å². The van der Waals surface area contributed by atoms with Crippen LogP contribution in [0.5, 0.6) is 0 Å². The summed E-state index contributed by atoms with van der Waals surface area (Å²) in [5.74, 6) is -1.11. The van der Waals surface area contributed by atoms with Crippen LogP contribution in [0.1, 0.15) is 37.6 Å². The quantitative estimate of drug-likeness (QED) is 0.473. The number of aromatic amines is 1. The summed E-state index contributed by atoms with van der Waals surface area (Å²) in [4.78, 5) is 46.8. The fourth-order valence-corrected chi connectivity index (χ4v) is 4.96. The van der Waals surface area contributed by atoms with Crippen molar-refractivity contribution in [1.29, 1.82) is 0 Å². The third kappa shape index (κ3) is 3.20. The van der Waals surface area contributed by atoms with Gasteiger partial charge in [-0.2, -0.15) is 0 Å². The molecule has 3 aromatic rings. The van der Waals surface area contributed by atoms with Gasteiger partial charge in [0.15, 0.2) is 0 Å². The molecule has 0 aliphatic carbocycles. The minimum atomic E-state index is -1.79. The number of carbonyl (C=O) groups excluding carboxylic acids is 3. The number of para-hydroxylation sites is 1. The monoisotopic (exact) mass is 461 g/mol. The fourth-order valence-electron chi connectivity index (χ4n) is 4.96. The Kier molecular flexibility index (Phi) is 5.02. The first kappa shape index (κ1) is 22.2. The number of ether oxygens (including phenoxy) is 2. The fraction of sp³-hybridized carbons (Fsp3) is 0.346. The maximum Gasteiger partial charge on any atom is 0.330 e. The molecule has 0 spiro atoms. The number of amides is 3. The highest BCUT2D eigenvalue weighted by Gasteiger charge is 2.66. The van der Waals surface area contributed by atoms with Crippen LogP contribution >= 0.6 is 0 Å². The average molecular weight is 462 g/mol. The van der Waals surface area contributed by atoms with Crippen LogP contribution in [-0.4, -0.2) is 51.4 Å². The zero-order valence-corrected chi connectivity index (χ0v) is 19.6. The molecule has 3 heterocycles. The predicted molar refractivity (Wildman–Crippen MR) is 125 cm³/mol. The summed E-state index contributed by atoms with van der Waals surface area (Å²) in [5.41, 5.74) is 0.290. The highest BCUT2D eigenvalue weighted by Crippen LogP contribution is 2.47. The number of hydrogen-bond donors (Lipinski definition) is 1. The molecule has 0 unspecified atom stereocenters. The SMILES string of the molecule is CO[C@@]12C(=O)N(Cc3ccccc3)C(=O)N1[C@H](C(=O)OC(C)(C)C)Cc1c2[nH]c2ccccc12. The molecule has 1 saturated heterocycles. The van der Waals surface area contributed by atoms with E-state index >= 15 is 0 Å². The van der Waals surface area contributed by atoms with E-state index in [1.165, 1.54) is 12.0 Å². The number of nitrogens with one attached hydrogen (secondary N) is 1. The highest BCUT2D eigenvalue weighted by atomic mass is 16.6. The Morgan fingerprint density at radius 1 is 1.09 bits per heavy atom. The second kappa shape index (κ2) is 7.70. The number of imide groups is 1. The van der Waals surface area contributed by atoms with Crippen molar-refractivity contribution in [3.8, 4) is 0 Å². The topological polar surface area (TPSA) is 91.9 Å². The maximum absolute atomic E-state index is 14.0. The van der Waals surface area contributed by atoms with Gasteiger partial charge in [-0.15, -0.1) is 0 Å². The Morgan fingerprint density at radius 3 is 2.44 bits per heavy atom. The molecule has 2 aliphatic heterocycles. The summed E-state index contributed by atoms with van der Waals surface area (Å²) in [6.45, 7) is 5.38. The summed E-state index contributed by atoms with van der Waals surface area (Å²) < 4.78 is 11.6. The molecular weight excluding hydrogens is 434 g/mol. The largest absolute Gasteiger partial charge is 0.458 e. The third-order valence-corrected chi connectivity index (χ3v) is 6.33. The average Bonchev–Trinajstić information content (AvgIpc) is 3.28. The molecule has 2 aromatic carbocycles. The summed E-state index contributed by atoms with van der Waals surface area (Å²) in [7, 11) is 1.39. The molecule has 1 aromatic heterocycles. The van der Waals surface area contributed by atoms with E-state index in [0.29, 0.717) is 5.69 Å². The Morgan fingerprint density at radius 2 is 1.76 bits per heavy atom. The number of aromatic nitrogens is 1. The third-order valence-electron chi connectivity index (χ3n) is 6.33. The van der Waals surface area contributed by atoms with E-state index in [1.54, 1.807) is 20.8 Å². The van der Waals surface area contributed by atoms with Crippen molar-refractivity contribution in [3.05, 3.63) is 71.4 Å². The lowest BCUT2D eigenvalue weighted by atomic mass is 9.89. The second-order valence-electron chi connectivity index (χ2n) is 9.66. The lowest BCUT2D eigenvalue weighted by Gasteiger charge is -2.42. The molecule has 5 rings (SSSR count). The van der Waals surface area contributed by atoms with Crippen molar-refractivity contribution >= 4 is 28.8 Å². The Hall–Kier alpha value is -3.65. The molecule has 2 aliphatic rings. The smallest absolute Gasteiger partial charge is 0.330 e. The Bertz CT molecular complexity index is 1290. The summed E-state index contributed by atoms with van der Waals surface area (Å²) in [6.07, 6.45) is 0.206. The molecule has 0 radical (unpaired) electrons. The van der Waals surface area contributed by atoms with E-state index < -0.39 is 35.3 Å². The van der Waals surface area contributed by atoms with Gasteiger partial charge in [0.05, 0.1) is 12.2 Å². The second-order valence-corrected chi connectivity index (χ2v) is 9.66. The Labute approximate surface area is 197 Å². The minimum absolute atomic E-state index is 0.0662. The highest BCUT2D eigenvalue weighted by molar-refractivity contribution is 6.09. The molecule has 3 amide bonds. The molecule has 176 valence electrons. The van der Waals surface area contributed by atoms with Crippen molar-refractivity contribution in [2.75, 3.05) is 7.11 Å². The summed E-state index contributed by atoms with van der Waals surface area (Å²) in [6, 6.07) is 15.2. The van der Waals surface area contributed by atoms with Crippen LogP contribution in [0.25, 0.3) is 10.9 Å². The van der Waals surface area contributed by atoms with Crippen molar-refractivity contribution < 1.29 is 23.9 Å². The van der Waals surface area contributed by atoms with Gasteiger partial charge < -0.3 is 14.5 Å². The van der Waals surface area contributed by atoms with Crippen LogP contribution < -0.4 is 0 Å². The van der Waals surface area contributed by atoms with Crippen LogP contribution in [0.2, 0.25) is 0 Å². The molecule has 1 N–H and O–H groups in total. The van der Waals surface area contributed by atoms with E-state index in [2.05, 4.69) is 4.98 Å². The summed E-state index contributed by atoms with van der Waals surface area (Å²) >= 11 is 0. The van der Waals surface area contributed by atoms with Crippen molar-refractivity contribution in [1.82, 2.24) is 14.8 Å². The number of rotatable bonds is 4. The van der Waals surface area contributed by atoms with Gasteiger partial charge >= 0.3 is 12.0 Å². The van der Waals surface area contributed by atoms with E-state index in [0.717, 1.165) is 26.9 Å². The molecule has 8 nitrogen and oxygen atoms in total. The number of urea groups is 1. The van der Waals surface area contributed by atoms with Gasteiger partial charge in [0.1, 0.15) is 11.6 Å². The molecule has 2 atom stereocenters. The normalized spacial score (nSPS) is 22.2. The molecular formula is C26H27N3O5. The van der Waals surface area contributed by atoms with Crippen molar-refractivity contribution in [3.63, 3.8) is 0 Å². The number of hydrogen-bond acceptors (Lipinski definition) is 5. The molecule has 1 fully saturated rings. The standard InChI is InChI=1S/C26H27N3O5/c1-25(2,3)34-22(30)20-14-18-17-12-8-9-13-19(17)27-21(18)26(33-4)23(31)28(24(32)29(20)26)15-16-10-6-5-7-11-16/h5-13,20,27H,14-15H2,1-4H3/t20-,26-/m0/s1. The number of nitrogens with zero attached hydrogens (tertiary/aromatic N) is 2. The van der Waals surface area contributed by atoms with E-state index in [-0.39, 0.29) is 13.0 Å². The number of methoxy groups -OCH3 is 1. The van der Waals surface area contributed by atoms with E-state index in [4.69, 9.17) is 9.47 Å². The Balaban J connectivity index is 1.69. The molecule has 0 bridgehead atoms. The lowest BCUT2D eigenvalue weighted by molar-refractivity contribution is -0.181. The van der Waals surface area contributed by atoms with Crippen LogP contribution in [0.4, 0.5) is 4.79 Å². The van der Waals surface area contributed by atoms with E-state index in [9.17, 15) is 14.4 Å². The number of benzene rings is 2. The van der Waals surface area contributed by atoms with Gasteiger partial charge in [-0.25, -0.2) is 9.59 Å². The van der Waals surface area contributed by atoms with Gasteiger partial charge in [0, 0.05) is 24.4 Å². The van der Waals surface area contributed by atoms with Gasteiger partial charge in [-0.05, 0) is 38.0 Å². The maximum atomic E-state index is 14.0. The lowest BCUT2D eigenvalue weighted by Crippen LogP contribution is -2.60. The number of carbonyl (C=O) groups is 3.